The highest BCUT2D eigenvalue weighted by molar-refractivity contribution is 6.30. The Balaban J connectivity index is 2.34. The van der Waals surface area contributed by atoms with Gasteiger partial charge in [-0.15, -0.1) is 11.6 Å². The van der Waals surface area contributed by atoms with Crippen LogP contribution in [0, 0.1) is 11.7 Å². The first-order valence-corrected chi connectivity index (χ1v) is 6.25. The quantitative estimate of drug-likeness (QED) is 0.770. The van der Waals surface area contributed by atoms with Crippen molar-refractivity contribution < 1.29 is 4.39 Å². The summed E-state index contributed by atoms with van der Waals surface area (Å²) < 4.78 is 12.9. The molecule has 4 heteroatoms. The number of benzene rings is 1. The number of halogens is 3. The molecule has 1 aromatic carbocycles. The smallest absolute Gasteiger partial charge is 0.141 e. The first-order chi connectivity index (χ1) is 7.63. The first-order valence-electron chi connectivity index (χ1n) is 5.34. The monoisotopic (exact) mass is 263 g/mol. The van der Waals surface area contributed by atoms with E-state index in [1.807, 2.05) is 0 Å². The Hall–Kier alpha value is -0.310. The minimum absolute atomic E-state index is 0.174. The van der Waals surface area contributed by atoms with Crippen LogP contribution in [0.25, 0.3) is 0 Å². The summed E-state index contributed by atoms with van der Waals surface area (Å²) in [6.07, 6.45) is 0.999. The fourth-order valence-electron chi connectivity index (χ4n) is 1.40. The summed E-state index contributed by atoms with van der Waals surface area (Å²) in [5, 5.41) is 3.47. The Morgan fingerprint density at radius 3 is 2.81 bits per heavy atom. The fraction of sp³-hybridized carbons (Fsp3) is 0.500. The standard InChI is InChI=1S/C12H16Cl2FN/c1-9(4-5-13)7-16-8-10-2-3-12(15)11(14)6-10/h2-3,6,9,16H,4-5,7-8H2,1H3. The van der Waals surface area contributed by atoms with Gasteiger partial charge in [0.1, 0.15) is 5.82 Å². The maximum atomic E-state index is 12.9. The van der Waals surface area contributed by atoms with Crippen LogP contribution in [0.4, 0.5) is 4.39 Å². The van der Waals surface area contributed by atoms with Crippen molar-refractivity contribution in [3.63, 3.8) is 0 Å². The number of rotatable bonds is 6. The van der Waals surface area contributed by atoms with Crippen molar-refractivity contribution >= 4 is 23.2 Å². The van der Waals surface area contributed by atoms with E-state index < -0.39 is 0 Å². The number of nitrogens with one attached hydrogen (secondary N) is 1. The van der Waals surface area contributed by atoms with Gasteiger partial charge in [-0.2, -0.15) is 0 Å². The van der Waals surface area contributed by atoms with Gasteiger partial charge in [-0.1, -0.05) is 24.6 Å². The Morgan fingerprint density at radius 2 is 2.19 bits per heavy atom. The van der Waals surface area contributed by atoms with Gasteiger partial charge in [-0.25, -0.2) is 4.39 Å². The summed E-state index contributed by atoms with van der Waals surface area (Å²) in [4.78, 5) is 0. The van der Waals surface area contributed by atoms with Gasteiger partial charge >= 0.3 is 0 Å². The van der Waals surface area contributed by atoms with E-state index in [9.17, 15) is 4.39 Å². The van der Waals surface area contributed by atoms with Crippen LogP contribution in [0.3, 0.4) is 0 Å². The van der Waals surface area contributed by atoms with Gasteiger partial charge in [0.15, 0.2) is 0 Å². The molecule has 0 amide bonds. The predicted molar refractivity (Wildman–Crippen MR) is 67.6 cm³/mol. The van der Waals surface area contributed by atoms with Gasteiger partial charge in [0.25, 0.3) is 0 Å². The normalized spacial score (nSPS) is 12.8. The van der Waals surface area contributed by atoms with E-state index in [0.29, 0.717) is 18.3 Å². The van der Waals surface area contributed by atoms with Crippen LogP contribution in [0.5, 0.6) is 0 Å². The topological polar surface area (TPSA) is 12.0 Å². The van der Waals surface area contributed by atoms with Gasteiger partial charge in [-0.3, -0.25) is 0 Å². The zero-order valence-electron chi connectivity index (χ0n) is 9.27. The molecule has 0 fully saturated rings. The third-order valence-electron chi connectivity index (χ3n) is 2.41. The van der Waals surface area contributed by atoms with E-state index in [0.717, 1.165) is 18.5 Å². The van der Waals surface area contributed by atoms with Crippen molar-refractivity contribution in [3.05, 3.63) is 34.6 Å². The molecule has 1 atom stereocenters. The lowest BCUT2D eigenvalue weighted by atomic mass is 10.1. The van der Waals surface area contributed by atoms with Crippen molar-refractivity contribution in [2.75, 3.05) is 12.4 Å². The molecule has 1 unspecified atom stereocenters. The van der Waals surface area contributed by atoms with Gasteiger partial charge < -0.3 is 5.32 Å². The minimum atomic E-state index is -0.374. The highest BCUT2D eigenvalue weighted by Gasteiger charge is 2.02. The molecule has 0 aliphatic rings. The Labute approximate surface area is 106 Å². The van der Waals surface area contributed by atoms with E-state index in [-0.39, 0.29) is 10.8 Å². The lowest BCUT2D eigenvalue weighted by molar-refractivity contribution is 0.502. The molecule has 0 saturated heterocycles. The molecular weight excluding hydrogens is 248 g/mol. The van der Waals surface area contributed by atoms with Crippen molar-refractivity contribution in [3.8, 4) is 0 Å². The summed E-state index contributed by atoms with van der Waals surface area (Å²) in [5.41, 5.74) is 0.990. The number of hydrogen-bond donors (Lipinski definition) is 1. The summed E-state index contributed by atoms with van der Waals surface area (Å²) in [6.45, 7) is 3.75. The molecule has 0 saturated carbocycles. The molecule has 1 rings (SSSR count). The van der Waals surface area contributed by atoms with Crippen LogP contribution >= 0.6 is 23.2 Å². The van der Waals surface area contributed by atoms with Gasteiger partial charge in [0.05, 0.1) is 5.02 Å². The molecule has 0 spiro atoms. The second-order valence-electron chi connectivity index (χ2n) is 3.96. The summed E-state index contributed by atoms with van der Waals surface area (Å²) >= 11 is 11.3. The molecule has 1 aromatic rings. The molecule has 0 aliphatic carbocycles. The molecule has 1 nitrogen and oxygen atoms in total. The zero-order chi connectivity index (χ0) is 12.0. The average Bonchev–Trinajstić information content (AvgIpc) is 2.24. The molecule has 0 radical (unpaired) electrons. The second kappa shape index (κ2) is 7.10. The van der Waals surface area contributed by atoms with Gasteiger partial charge in [-0.05, 0) is 36.6 Å². The van der Waals surface area contributed by atoms with E-state index >= 15 is 0 Å². The summed E-state index contributed by atoms with van der Waals surface area (Å²) in [5.74, 6) is 0.861. The zero-order valence-corrected chi connectivity index (χ0v) is 10.8. The second-order valence-corrected chi connectivity index (χ2v) is 4.75. The highest BCUT2D eigenvalue weighted by atomic mass is 35.5. The molecule has 0 aliphatic heterocycles. The van der Waals surface area contributed by atoms with Crippen molar-refractivity contribution in [2.24, 2.45) is 5.92 Å². The maximum absolute atomic E-state index is 12.9. The van der Waals surface area contributed by atoms with Gasteiger partial charge in [0.2, 0.25) is 0 Å². The van der Waals surface area contributed by atoms with Crippen LogP contribution in [0.1, 0.15) is 18.9 Å². The summed E-state index contributed by atoms with van der Waals surface area (Å²) in [7, 11) is 0. The fourth-order valence-corrected chi connectivity index (χ4v) is 1.98. The molecule has 0 aromatic heterocycles. The van der Waals surface area contributed by atoms with Crippen molar-refractivity contribution in [1.29, 1.82) is 0 Å². The predicted octanol–water partition coefficient (Wildman–Crippen LogP) is 3.83. The van der Waals surface area contributed by atoms with Gasteiger partial charge in [0, 0.05) is 12.4 Å². The highest BCUT2D eigenvalue weighted by Crippen LogP contribution is 2.15. The van der Waals surface area contributed by atoms with E-state index in [2.05, 4.69) is 12.2 Å². The third-order valence-corrected chi connectivity index (χ3v) is 2.92. The van der Waals surface area contributed by atoms with E-state index in [1.165, 1.54) is 6.07 Å². The molecule has 90 valence electrons. The largest absolute Gasteiger partial charge is 0.312 e. The minimum Gasteiger partial charge on any atom is -0.312 e. The van der Waals surface area contributed by atoms with Crippen LogP contribution in [-0.4, -0.2) is 12.4 Å². The molecular formula is C12H16Cl2FN. The van der Waals surface area contributed by atoms with Crippen molar-refractivity contribution in [1.82, 2.24) is 5.32 Å². The Bertz CT molecular complexity index is 331. The van der Waals surface area contributed by atoms with E-state index in [4.69, 9.17) is 23.2 Å². The lowest BCUT2D eigenvalue weighted by Gasteiger charge is -2.11. The Morgan fingerprint density at radius 1 is 1.44 bits per heavy atom. The van der Waals surface area contributed by atoms with Crippen LogP contribution in [0.2, 0.25) is 5.02 Å². The van der Waals surface area contributed by atoms with Crippen LogP contribution in [-0.2, 0) is 6.54 Å². The number of alkyl halides is 1. The molecule has 1 N–H and O–H groups in total. The SMILES string of the molecule is CC(CCCl)CNCc1ccc(F)c(Cl)c1. The Kier molecular flexibility index (Phi) is 6.10. The lowest BCUT2D eigenvalue weighted by Crippen LogP contribution is -2.21. The average molecular weight is 264 g/mol. The number of hydrogen-bond acceptors (Lipinski definition) is 1. The van der Waals surface area contributed by atoms with E-state index in [1.54, 1.807) is 12.1 Å². The maximum Gasteiger partial charge on any atom is 0.141 e. The van der Waals surface area contributed by atoms with Crippen LogP contribution in [0.15, 0.2) is 18.2 Å². The molecule has 16 heavy (non-hydrogen) atoms. The molecule has 0 bridgehead atoms. The van der Waals surface area contributed by atoms with Crippen molar-refractivity contribution in [2.45, 2.75) is 19.9 Å². The first kappa shape index (κ1) is 13.8. The third kappa shape index (κ3) is 4.69. The summed E-state index contributed by atoms with van der Waals surface area (Å²) in [6, 6.07) is 4.78. The molecule has 0 heterocycles. The van der Waals surface area contributed by atoms with Crippen LogP contribution < -0.4 is 5.32 Å².